The molecular formula is C11H19N2+. The van der Waals surface area contributed by atoms with Crippen molar-refractivity contribution in [3.63, 3.8) is 0 Å². The van der Waals surface area contributed by atoms with E-state index in [9.17, 15) is 0 Å². The third kappa shape index (κ3) is 1.39. The van der Waals surface area contributed by atoms with Crippen molar-refractivity contribution in [2.24, 2.45) is 0 Å². The lowest BCUT2D eigenvalue weighted by atomic mass is 10.0. The summed E-state index contributed by atoms with van der Waals surface area (Å²) in [5, 5.41) is 0. The molecule has 0 radical (unpaired) electrons. The van der Waals surface area contributed by atoms with Crippen LogP contribution >= 0.6 is 0 Å². The molecule has 0 saturated heterocycles. The van der Waals surface area contributed by atoms with Crippen LogP contribution in [0, 0.1) is 13.8 Å². The van der Waals surface area contributed by atoms with Gasteiger partial charge in [-0.25, -0.2) is 0 Å². The quantitative estimate of drug-likeness (QED) is 0.584. The van der Waals surface area contributed by atoms with Gasteiger partial charge >= 0.3 is 0 Å². The SMILES string of the molecule is Cc1[nH]c2c(c1C)CC[N+](C)(C)C2. The number of aromatic amines is 1. The molecule has 0 aromatic carbocycles. The Balaban J connectivity index is 2.42. The summed E-state index contributed by atoms with van der Waals surface area (Å²) in [4.78, 5) is 3.50. The van der Waals surface area contributed by atoms with Crippen molar-refractivity contribution in [1.29, 1.82) is 0 Å². The maximum Gasteiger partial charge on any atom is 0.119 e. The highest BCUT2D eigenvalue weighted by Gasteiger charge is 2.26. The van der Waals surface area contributed by atoms with Crippen LogP contribution in [-0.2, 0) is 13.0 Å². The van der Waals surface area contributed by atoms with Crippen molar-refractivity contribution in [2.75, 3.05) is 20.6 Å². The van der Waals surface area contributed by atoms with Gasteiger partial charge in [-0.1, -0.05) is 0 Å². The van der Waals surface area contributed by atoms with Gasteiger partial charge in [0, 0.05) is 12.1 Å². The first kappa shape index (κ1) is 8.82. The van der Waals surface area contributed by atoms with Gasteiger partial charge in [-0.3, -0.25) is 0 Å². The maximum atomic E-state index is 3.50. The van der Waals surface area contributed by atoms with Gasteiger partial charge in [-0.05, 0) is 25.0 Å². The minimum Gasteiger partial charge on any atom is -0.357 e. The zero-order valence-electron chi connectivity index (χ0n) is 9.07. The van der Waals surface area contributed by atoms with Gasteiger partial charge in [0.15, 0.2) is 0 Å². The molecule has 0 fully saturated rings. The van der Waals surface area contributed by atoms with Crippen LogP contribution < -0.4 is 0 Å². The van der Waals surface area contributed by atoms with Gasteiger partial charge in [-0.15, -0.1) is 0 Å². The molecule has 1 aromatic rings. The standard InChI is InChI=1S/C11H19N2/c1-8-9(2)12-11-7-13(3,4)6-5-10(8)11/h12H,5-7H2,1-4H3/q+1. The number of rotatable bonds is 0. The number of nitrogens with zero attached hydrogens (tertiary/aromatic N) is 1. The summed E-state index contributed by atoms with van der Waals surface area (Å²) in [5.41, 5.74) is 5.88. The molecule has 1 aromatic heterocycles. The summed E-state index contributed by atoms with van der Waals surface area (Å²) in [7, 11) is 4.60. The molecule has 2 heterocycles. The number of likely N-dealkylation sites (N-methyl/N-ethyl adjacent to an activating group) is 1. The number of hydrogen-bond donors (Lipinski definition) is 1. The number of quaternary nitrogens is 1. The Labute approximate surface area is 80.2 Å². The Kier molecular flexibility index (Phi) is 1.77. The van der Waals surface area contributed by atoms with Crippen molar-refractivity contribution in [3.05, 3.63) is 22.5 Å². The van der Waals surface area contributed by atoms with Gasteiger partial charge < -0.3 is 9.47 Å². The van der Waals surface area contributed by atoms with E-state index in [0.717, 1.165) is 11.0 Å². The van der Waals surface area contributed by atoms with Gasteiger partial charge in [-0.2, -0.15) is 0 Å². The molecule has 2 nitrogen and oxygen atoms in total. The summed E-state index contributed by atoms with van der Waals surface area (Å²) >= 11 is 0. The molecule has 1 N–H and O–H groups in total. The summed E-state index contributed by atoms with van der Waals surface area (Å²) in [6.07, 6.45) is 1.23. The van der Waals surface area contributed by atoms with Gasteiger partial charge in [0.2, 0.25) is 0 Å². The first-order chi connectivity index (χ1) is 5.99. The third-order valence-corrected chi connectivity index (χ3v) is 3.27. The summed E-state index contributed by atoms with van der Waals surface area (Å²) in [5.74, 6) is 0. The van der Waals surface area contributed by atoms with Gasteiger partial charge in [0.05, 0.1) is 26.3 Å². The van der Waals surface area contributed by atoms with Gasteiger partial charge in [0.25, 0.3) is 0 Å². The summed E-state index contributed by atoms with van der Waals surface area (Å²) in [6, 6.07) is 0. The number of nitrogens with one attached hydrogen (secondary N) is 1. The lowest BCUT2D eigenvalue weighted by Gasteiger charge is -2.33. The Hall–Kier alpha value is -0.760. The van der Waals surface area contributed by atoms with Crippen LogP contribution in [0.4, 0.5) is 0 Å². The molecule has 1 aliphatic heterocycles. The average Bonchev–Trinajstić information content (AvgIpc) is 2.25. The first-order valence-corrected chi connectivity index (χ1v) is 4.98. The molecule has 1 aliphatic rings. The minimum atomic E-state index is 1.12. The van der Waals surface area contributed by atoms with Crippen LogP contribution in [0.15, 0.2) is 0 Å². The van der Waals surface area contributed by atoms with Crippen LogP contribution in [0.2, 0.25) is 0 Å². The number of H-pyrrole nitrogens is 1. The van der Waals surface area contributed by atoms with Crippen LogP contribution in [0.5, 0.6) is 0 Å². The molecule has 2 heteroatoms. The smallest absolute Gasteiger partial charge is 0.119 e. The molecule has 0 spiro atoms. The molecule has 72 valence electrons. The maximum absolute atomic E-state index is 3.50. The predicted octanol–water partition coefficient (Wildman–Crippen LogP) is 1.76. The number of hydrogen-bond acceptors (Lipinski definition) is 0. The largest absolute Gasteiger partial charge is 0.357 e. The van der Waals surface area contributed by atoms with E-state index < -0.39 is 0 Å². The lowest BCUT2D eigenvalue weighted by molar-refractivity contribution is -0.905. The second kappa shape index (κ2) is 2.61. The molecule has 0 aliphatic carbocycles. The summed E-state index contributed by atoms with van der Waals surface area (Å²) < 4.78 is 1.12. The predicted molar refractivity (Wildman–Crippen MR) is 54.7 cm³/mol. The number of aromatic nitrogens is 1. The topological polar surface area (TPSA) is 15.8 Å². The Morgan fingerprint density at radius 1 is 1.23 bits per heavy atom. The van der Waals surface area contributed by atoms with E-state index in [1.54, 1.807) is 5.56 Å². The highest BCUT2D eigenvalue weighted by molar-refractivity contribution is 5.36. The van der Waals surface area contributed by atoms with E-state index in [1.807, 2.05) is 0 Å². The number of fused-ring (bicyclic) bond motifs is 1. The van der Waals surface area contributed by atoms with E-state index in [0.29, 0.717) is 0 Å². The van der Waals surface area contributed by atoms with Gasteiger partial charge in [0.1, 0.15) is 6.54 Å². The third-order valence-electron chi connectivity index (χ3n) is 3.27. The van der Waals surface area contributed by atoms with Crippen molar-refractivity contribution in [1.82, 2.24) is 4.98 Å². The molecule has 13 heavy (non-hydrogen) atoms. The van der Waals surface area contributed by atoms with E-state index in [2.05, 4.69) is 32.9 Å². The van der Waals surface area contributed by atoms with E-state index in [4.69, 9.17) is 0 Å². The van der Waals surface area contributed by atoms with Crippen LogP contribution in [0.3, 0.4) is 0 Å². The molecule has 0 saturated carbocycles. The van der Waals surface area contributed by atoms with Crippen molar-refractivity contribution in [2.45, 2.75) is 26.8 Å². The van der Waals surface area contributed by atoms with Crippen LogP contribution in [-0.4, -0.2) is 30.1 Å². The fraction of sp³-hybridized carbons (Fsp3) is 0.636. The van der Waals surface area contributed by atoms with E-state index >= 15 is 0 Å². The molecule has 0 atom stereocenters. The zero-order chi connectivity index (χ0) is 9.64. The molecule has 0 bridgehead atoms. The van der Waals surface area contributed by atoms with Crippen molar-refractivity contribution < 1.29 is 4.48 Å². The molecule has 0 amide bonds. The normalized spacial score (nSPS) is 20.0. The average molecular weight is 179 g/mol. The lowest BCUT2D eigenvalue weighted by Crippen LogP contribution is -2.43. The van der Waals surface area contributed by atoms with Crippen molar-refractivity contribution in [3.8, 4) is 0 Å². The van der Waals surface area contributed by atoms with Crippen molar-refractivity contribution >= 4 is 0 Å². The Bertz CT molecular complexity index is 334. The van der Waals surface area contributed by atoms with E-state index in [-0.39, 0.29) is 0 Å². The second-order valence-electron chi connectivity index (χ2n) is 4.90. The highest BCUT2D eigenvalue weighted by atomic mass is 15.3. The molecule has 2 rings (SSSR count). The highest BCUT2D eigenvalue weighted by Crippen LogP contribution is 2.25. The van der Waals surface area contributed by atoms with Crippen LogP contribution in [0.25, 0.3) is 0 Å². The van der Waals surface area contributed by atoms with Crippen LogP contribution in [0.1, 0.15) is 22.5 Å². The fourth-order valence-electron chi connectivity index (χ4n) is 2.24. The first-order valence-electron chi connectivity index (χ1n) is 4.98. The minimum absolute atomic E-state index is 1.12. The monoisotopic (exact) mass is 179 g/mol. The number of aryl methyl sites for hydroxylation is 1. The Morgan fingerprint density at radius 3 is 2.62 bits per heavy atom. The zero-order valence-corrected chi connectivity index (χ0v) is 9.07. The fourth-order valence-corrected chi connectivity index (χ4v) is 2.24. The summed E-state index contributed by atoms with van der Waals surface area (Å²) in [6.45, 7) is 6.83. The molecule has 0 unspecified atom stereocenters. The second-order valence-corrected chi connectivity index (χ2v) is 4.90. The Morgan fingerprint density at radius 2 is 1.92 bits per heavy atom. The molecular weight excluding hydrogens is 160 g/mol. The van der Waals surface area contributed by atoms with E-state index in [1.165, 1.54) is 29.9 Å².